The van der Waals surface area contributed by atoms with Crippen molar-refractivity contribution in [1.29, 1.82) is 0 Å². The molecule has 3 rings (SSSR count). The van der Waals surface area contributed by atoms with Crippen molar-refractivity contribution in [3.8, 4) is 5.75 Å². The van der Waals surface area contributed by atoms with E-state index in [1.165, 1.54) is 6.07 Å². The lowest BCUT2D eigenvalue weighted by Gasteiger charge is -2.09. The summed E-state index contributed by atoms with van der Waals surface area (Å²) in [6.45, 7) is -0.0757. The number of ether oxygens (including phenoxy) is 1. The molecule has 1 N–H and O–H groups in total. The van der Waals surface area contributed by atoms with E-state index in [1.54, 1.807) is 60.7 Å². The van der Waals surface area contributed by atoms with E-state index in [9.17, 15) is 9.59 Å². The molecule has 0 spiro atoms. The smallest absolute Gasteiger partial charge is 0.257 e. The number of rotatable bonds is 6. The Labute approximate surface area is 180 Å². The molecule has 28 heavy (non-hydrogen) atoms. The molecule has 0 atom stereocenters. The van der Waals surface area contributed by atoms with E-state index < -0.39 is 0 Å². The maximum absolute atomic E-state index is 12.3. The van der Waals surface area contributed by atoms with Gasteiger partial charge in [-0.1, -0.05) is 51.3 Å². The van der Waals surface area contributed by atoms with Crippen LogP contribution in [0.3, 0.4) is 0 Å². The predicted molar refractivity (Wildman–Crippen MR) is 115 cm³/mol. The summed E-state index contributed by atoms with van der Waals surface area (Å²) in [5.41, 5.74) is 1.47. The Morgan fingerprint density at radius 1 is 0.929 bits per heavy atom. The van der Waals surface area contributed by atoms with Crippen LogP contribution in [0.1, 0.15) is 20.7 Å². The lowest BCUT2D eigenvalue weighted by Crippen LogP contribution is -2.13. The number of carbonyl (C=O) groups is 2. The van der Waals surface area contributed by atoms with Gasteiger partial charge < -0.3 is 10.1 Å². The van der Waals surface area contributed by atoms with Crippen LogP contribution in [0.4, 0.5) is 5.69 Å². The monoisotopic (exact) mass is 477 g/mol. The number of Topliss-reactive ketones (excluding diaryl/α,β-unsaturated/α-hetero) is 1. The third kappa shape index (κ3) is 5.35. The number of carbonyl (C=O) groups excluding carboxylic acids is 2. The van der Waals surface area contributed by atoms with Crippen LogP contribution >= 0.6 is 39.1 Å². The minimum atomic E-state index is -0.347. The van der Waals surface area contributed by atoms with Crippen LogP contribution < -0.4 is 10.1 Å². The second-order valence-corrected chi connectivity index (χ2v) is 7.58. The van der Waals surface area contributed by atoms with Crippen molar-refractivity contribution >= 4 is 56.5 Å². The molecule has 3 aromatic carbocycles. The average molecular weight is 479 g/mol. The van der Waals surface area contributed by atoms with Crippen LogP contribution in [0.5, 0.6) is 5.75 Å². The van der Waals surface area contributed by atoms with Crippen molar-refractivity contribution in [3.05, 3.63) is 92.4 Å². The molecule has 0 aliphatic carbocycles. The summed E-state index contributed by atoms with van der Waals surface area (Å²) in [5, 5.41) is 3.48. The number of anilines is 1. The second kappa shape index (κ2) is 9.24. The first-order chi connectivity index (χ1) is 13.4. The molecule has 0 aliphatic heterocycles. The van der Waals surface area contributed by atoms with Crippen LogP contribution in [0.15, 0.2) is 71.2 Å². The molecule has 3 aromatic rings. The number of hydrogen-bond acceptors (Lipinski definition) is 3. The van der Waals surface area contributed by atoms with Crippen molar-refractivity contribution < 1.29 is 14.3 Å². The highest BCUT2D eigenvalue weighted by Crippen LogP contribution is 2.23. The fourth-order valence-corrected chi connectivity index (χ4v) is 3.13. The van der Waals surface area contributed by atoms with Gasteiger partial charge in [-0.25, -0.2) is 0 Å². The normalized spacial score (nSPS) is 10.4. The molecule has 1 amide bonds. The topological polar surface area (TPSA) is 55.4 Å². The van der Waals surface area contributed by atoms with E-state index in [4.69, 9.17) is 27.9 Å². The summed E-state index contributed by atoms with van der Waals surface area (Å²) in [5.74, 6) is 0.0518. The molecule has 0 aliphatic rings. The largest absolute Gasteiger partial charge is 0.485 e. The van der Waals surface area contributed by atoms with Gasteiger partial charge in [-0.05, 0) is 54.6 Å². The van der Waals surface area contributed by atoms with Crippen LogP contribution in [-0.2, 0) is 0 Å². The van der Waals surface area contributed by atoms with E-state index in [0.29, 0.717) is 27.6 Å². The average Bonchev–Trinajstić information content (AvgIpc) is 2.67. The molecule has 0 saturated carbocycles. The van der Waals surface area contributed by atoms with Gasteiger partial charge in [0, 0.05) is 20.7 Å². The molecule has 0 fully saturated rings. The Morgan fingerprint density at radius 3 is 2.25 bits per heavy atom. The van der Waals surface area contributed by atoms with Crippen molar-refractivity contribution in [3.63, 3.8) is 0 Å². The van der Waals surface area contributed by atoms with E-state index in [2.05, 4.69) is 21.2 Å². The van der Waals surface area contributed by atoms with Gasteiger partial charge >= 0.3 is 0 Å². The number of nitrogens with one attached hydrogen (secondary N) is 1. The molecular formula is C21H14BrCl2NO3. The van der Waals surface area contributed by atoms with Gasteiger partial charge in [-0.2, -0.15) is 0 Å². The van der Waals surface area contributed by atoms with E-state index in [0.717, 1.165) is 4.47 Å². The molecule has 0 unspecified atom stereocenters. The zero-order valence-electron chi connectivity index (χ0n) is 14.4. The van der Waals surface area contributed by atoms with Gasteiger partial charge in [0.05, 0.1) is 10.6 Å². The van der Waals surface area contributed by atoms with E-state index >= 15 is 0 Å². The molecule has 4 nitrogen and oxygen atoms in total. The molecular weight excluding hydrogens is 465 g/mol. The predicted octanol–water partition coefficient (Wildman–Crippen LogP) is 6.27. The summed E-state index contributed by atoms with van der Waals surface area (Å²) in [6.07, 6.45) is 0. The molecule has 142 valence electrons. The lowest BCUT2D eigenvalue weighted by molar-refractivity contribution is 0.0921. The number of halogens is 3. The fourth-order valence-electron chi connectivity index (χ4n) is 2.37. The van der Waals surface area contributed by atoms with Crippen molar-refractivity contribution in [1.82, 2.24) is 0 Å². The SMILES string of the molecule is O=C(COc1ccc(NC(=O)c2ccc(Cl)cc2Cl)cc1)c1ccc(Br)cc1. The van der Waals surface area contributed by atoms with Gasteiger partial charge in [0.15, 0.2) is 12.4 Å². The maximum Gasteiger partial charge on any atom is 0.257 e. The molecule has 0 heterocycles. The number of hydrogen-bond donors (Lipinski definition) is 1. The van der Waals surface area contributed by atoms with Crippen LogP contribution in [0, 0.1) is 0 Å². The first-order valence-corrected chi connectivity index (χ1v) is 9.75. The zero-order valence-corrected chi connectivity index (χ0v) is 17.5. The third-order valence-corrected chi connectivity index (χ3v) is 4.90. The summed E-state index contributed by atoms with van der Waals surface area (Å²) >= 11 is 15.2. The van der Waals surface area contributed by atoms with Crippen LogP contribution in [0.25, 0.3) is 0 Å². The van der Waals surface area contributed by atoms with Crippen molar-refractivity contribution in [2.24, 2.45) is 0 Å². The Hall–Kier alpha value is -2.34. The lowest BCUT2D eigenvalue weighted by atomic mass is 10.1. The van der Waals surface area contributed by atoms with E-state index in [1.807, 2.05) is 0 Å². The number of benzene rings is 3. The van der Waals surface area contributed by atoms with Crippen LogP contribution in [-0.4, -0.2) is 18.3 Å². The van der Waals surface area contributed by atoms with Crippen molar-refractivity contribution in [2.75, 3.05) is 11.9 Å². The maximum atomic E-state index is 12.3. The highest BCUT2D eigenvalue weighted by atomic mass is 79.9. The second-order valence-electron chi connectivity index (χ2n) is 5.82. The minimum absolute atomic E-state index is 0.0757. The molecule has 0 saturated heterocycles. The van der Waals surface area contributed by atoms with Gasteiger partial charge in [0.1, 0.15) is 5.75 Å². The summed E-state index contributed by atoms with van der Waals surface area (Å²) in [7, 11) is 0. The minimum Gasteiger partial charge on any atom is -0.485 e. The van der Waals surface area contributed by atoms with E-state index in [-0.39, 0.29) is 23.3 Å². The standard InChI is InChI=1S/C21H14BrCl2NO3/c22-14-3-1-13(2-4-14)20(26)12-28-17-8-6-16(7-9-17)25-21(27)18-10-5-15(23)11-19(18)24/h1-11H,12H2,(H,25,27). The Bertz CT molecular complexity index is 1010. The van der Waals surface area contributed by atoms with Crippen LogP contribution in [0.2, 0.25) is 10.0 Å². The Kier molecular flexibility index (Phi) is 6.73. The molecule has 7 heteroatoms. The molecule has 0 aromatic heterocycles. The summed E-state index contributed by atoms with van der Waals surface area (Å²) in [4.78, 5) is 24.4. The van der Waals surface area contributed by atoms with Gasteiger partial charge in [0.2, 0.25) is 0 Å². The number of ketones is 1. The quantitative estimate of drug-likeness (QED) is 0.424. The third-order valence-electron chi connectivity index (χ3n) is 3.82. The highest BCUT2D eigenvalue weighted by molar-refractivity contribution is 9.10. The van der Waals surface area contributed by atoms with Gasteiger partial charge in [-0.3, -0.25) is 9.59 Å². The Morgan fingerprint density at radius 2 is 1.61 bits per heavy atom. The first-order valence-electron chi connectivity index (χ1n) is 8.20. The Balaban J connectivity index is 1.58. The molecule has 0 bridgehead atoms. The summed E-state index contributed by atoms with van der Waals surface area (Å²) in [6, 6.07) is 18.5. The summed E-state index contributed by atoms with van der Waals surface area (Å²) < 4.78 is 6.42. The zero-order chi connectivity index (χ0) is 20.1. The fraction of sp³-hybridized carbons (Fsp3) is 0.0476. The number of amides is 1. The highest BCUT2D eigenvalue weighted by Gasteiger charge is 2.11. The van der Waals surface area contributed by atoms with Gasteiger partial charge in [0.25, 0.3) is 5.91 Å². The van der Waals surface area contributed by atoms with Gasteiger partial charge in [-0.15, -0.1) is 0 Å². The van der Waals surface area contributed by atoms with Crippen molar-refractivity contribution in [2.45, 2.75) is 0 Å². The molecule has 0 radical (unpaired) electrons. The first kappa shape index (κ1) is 20.4.